The lowest BCUT2D eigenvalue weighted by atomic mass is 9.88. The minimum absolute atomic E-state index is 0.0587. The van der Waals surface area contributed by atoms with Gasteiger partial charge >= 0.3 is 0 Å². The second-order valence-corrected chi connectivity index (χ2v) is 12.3. The van der Waals surface area contributed by atoms with Gasteiger partial charge in [0.1, 0.15) is 11.7 Å². The molecule has 0 bridgehead atoms. The average molecular weight is 609 g/mol. The third-order valence-corrected chi connectivity index (χ3v) is 8.97. The molecule has 8 heteroatoms. The summed E-state index contributed by atoms with van der Waals surface area (Å²) in [7, 11) is 0. The molecule has 1 saturated carbocycles. The first-order chi connectivity index (χ1) is 21.9. The summed E-state index contributed by atoms with van der Waals surface area (Å²) in [6.45, 7) is 6.08. The Bertz CT molecular complexity index is 1550. The van der Waals surface area contributed by atoms with Gasteiger partial charge in [-0.25, -0.2) is 4.98 Å². The quantitative estimate of drug-likeness (QED) is 0.0841. The molecule has 0 saturated heterocycles. The van der Waals surface area contributed by atoms with E-state index < -0.39 is 0 Å². The number of carbonyl (C=O) groups is 1. The topological polar surface area (TPSA) is 123 Å². The number of nitrogen functional groups attached to an aromatic ring is 1. The zero-order valence-corrected chi connectivity index (χ0v) is 26.6. The van der Waals surface area contributed by atoms with Crippen LogP contribution in [-0.4, -0.2) is 46.0 Å². The highest BCUT2D eigenvalue weighted by molar-refractivity contribution is 5.97. The zero-order valence-electron chi connectivity index (χ0n) is 26.6. The number of imidazole rings is 1. The predicted octanol–water partition coefficient (Wildman–Crippen LogP) is 6.21. The summed E-state index contributed by atoms with van der Waals surface area (Å²) in [5.41, 5.74) is 18.1. The van der Waals surface area contributed by atoms with Crippen molar-refractivity contribution in [2.24, 2.45) is 17.4 Å². The predicted molar refractivity (Wildman–Crippen MR) is 181 cm³/mol. The second-order valence-electron chi connectivity index (χ2n) is 12.3. The first-order valence-corrected chi connectivity index (χ1v) is 16.5. The van der Waals surface area contributed by atoms with Crippen molar-refractivity contribution >= 4 is 22.8 Å². The third-order valence-electron chi connectivity index (χ3n) is 8.97. The maximum atomic E-state index is 14.1. The number of amides is 1. The van der Waals surface area contributed by atoms with Crippen molar-refractivity contribution in [3.63, 3.8) is 0 Å². The van der Waals surface area contributed by atoms with Crippen LogP contribution in [0.15, 0.2) is 66.7 Å². The number of ether oxygens (including phenoxy) is 1. The van der Waals surface area contributed by atoms with Crippen LogP contribution in [-0.2, 0) is 37.2 Å². The minimum atomic E-state index is 0.0587. The summed E-state index contributed by atoms with van der Waals surface area (Å²) in [5.74, 6) is 1.67. The summed E-state index contributed by atoms with van der Waals surface area (Å²) < 4.78 is 7.91. The number of nitrogens with two attached hydrogens (primary N) is 2. The molecular formula is C37H48N6O2. The van der Waals surface area contributed by atoms with Gasteiger partial charge in [0, 0.05) is 56.9 Å². The van der Waals surface area contributed by atoms with E-state index in [2.05, 4.69) is 34.9 Å². The highest BCUT2D eigenvalue weighted by atomic mass is 16.5. The number of rotatable bonds is 15. The molecule has 238 valence electrons. The summed E-state index contributed by atoms with van der Waals surface area (Å²) in [6.07, 6.45) is 8.61. The van der Waals surface area contributed by atoms with E-state index in [1.54, 1.807) is 0 Å². The van der Waals surface area contributed by atoms with Crippen molar-refractivity contribution in [1.82, 2.24) is 14.5 Å². The van der Waals surface area contributed by atoms with Gasteiger partial charge in [0.15, 0.2) is 0 Å². The Labute approximate surface area is 267 Å². The lowest BCUT2D eigenvalue weighted by molar-refractivity contribution is 0.0699. The van der Waals surface area contributed by atoms with Crippen LogP contribution in [0, 0.1) is 11.3 Å². The van der Waals surface area contributed by atoms with Crippen molar-refractivity contribution in [2.75, 3.05) is 19.8 Å². The van der Waals surface area contributed by atoms with Gasteiger partial charge in [-0.2, -0.15) is 0 Å². The van der Waals surface area contributed by atoms with E-state index in [-0.39, 0.29) is 11.7 Å². The number of amidine groups is 1. The number of carbonyl (C=O) groups excluding carboxylic acids is 1. The molecule has 0 aliphatic heterocycles. The van der Waals surface area contributed by atoms with E-state index in [0.29, 0.717) is 37.8 Å². The summed E-state index contributed by atoms with van der Waals surface area (Å²) in [6, 6.07) is 22.2. The van der Waals surface area contributed by atoms with Crippen LogP contribution < -0.4 is 11.5 Å². The smallest absolute Gasteiger partial charge is 0.254 e. The average Bonchev–Trinajstić information content (AvgIpc) is 3.42. The fourth-order valence-corrected chi connectivity index (χ4v) is 6.41. The first kappa shape index (κ1) is 32.4. The molecule has 1 heterocycles. The van der Waals surface area contributed by atoms with Crippen molar-refractivity contribution in [2.45, 2.75) is 77.9 Å². The van der Waals surface area contributed by atoms with Gasteiger partial charge in [-0.15, -0.1) is 0 Å². The number of fused-ring (bicyclic) bond motifs is 1. The molecule has 1 fully saturated rings. The van der Waals surface area contributed by atoms with E-state index >= 15 is 0 Å². The number of hydrogen-bond donors (Lipinski definition) is 3. The number of aryl methyl sites for hydroxylation is 3. The van der Waals surface area contributed by atoms with Crippen molar-refractivity contribution < 1.29 is 9.53 Å². The largest absolute Gasteiger partial charge is 0.384 e. The molecule has 1 aromatic heterocycles. The Kier molecular flexibility index (Phi) is 11.4. The van der Waals surface area contributed by atoms with Crippen LogP contribution in [0.1, 0.15) is 83.9 Å². The third kappa shape index (κ3) is 8.59. The highest BCUT2D eigenvalue weighted by Gasteiger charge is 2.23. The molecule has 0 radical (unpaired) electrons. The zero-order chi connectivity index (χ0) is 31.6. The Balaban J connectivity index is 1.39. The molecule has 1 aliphatic rings. The van der Waals surface area contributed by atoms with E-state index in [9.17, 15) is 4.79 Å². The number of nitrogens with zero attached hydrogens (tertiary/aromatic N) is 3. The molecule has 8 nitrogen and oxygen atoms in total. The van der Waals surface area contributed by atoms with Crippen LogP contribution in [0.4, 0.5) is 0 Å². The van der Waals surface area contributed by atoms with Gasteiger partial charge in [-0.05, 0) is 73.4 Å². The molecule has 0 spiro atoms. The van der Waals surface area contributed by atoms with Gasteiger partial charge in [0.05, 0.1) is 11.0 Å². The summed E-state index contributed by atoms with van der Waals surface area (Å²) in [4.78, 5) is 21.3. The molecule has 1 amide bonds. The van der Waals surface area contributed by atoms with Crippen LogP contribution in [0.25, 0.3) is 11.0 Å². The van der Waals surface area contributed by atoms with Crippen molar-refractivity contribution in [3.8, 4) is 0 Å². The summed E-state index contributed by atoms with van der Waals surface area (Å²) >= 11 is 0. The van der Waals surface area contributed by atoms with E-state index in [0.717, 1.165) is 65.9 Å². The Morgan fingerprint density at radius 3 is 2.33 bits per heavy atom. The highest BCUT2D eigenvalue weighted by Crippen LogP contribution is 2.27. The number of aromatic nitrogens is 2. The van der Waals surface area contributed by atoms with Crippen molar-refractivity contribution in [1.29, 1.82) is 5.41 Å². The fraction of sp³-hybridized carbons (Fsp3) is 0.432. The van der Waals surface area contributed by atoms with Crippen molar-refractivity contribution in [3.05, 3.63) is 100 Å². The SMILES string of the molecule is CCOCCCn1c(CCc2ccc(C(=N)N)cc2)nc2cc(C(=O)N(Cc3ccc(CN)cc3)CC3CCCCC3)ccc21. The lowest BCUT2D eigenvalue weighted by Gasteiger charge is -2.30. The maximum absolute atomic E-state index is 14.1. The van der Waals surface area contributed by atoms with Gasteiger partial charge in [0.25, 0.3) is 5.91 Å². The molecule has 45 heavy (non-hydrogen) atoms. The maximum Gasteiger partial charge on any atom is 0.254 e. The summed E-state index contributed by atoms with van der Waals surface area (Å²) in [5, 5.41) is 7.66. The Hall–Kier alpha value is -4.01. The van der Waals surface area contributed by atoms with Crippen LogP contribution >= 0.6 is 0 Å². The Morgan fingerprint density at radius 2 is 1.64 bits per heavy atom. The van der Waals surface area contributed by atoms with Gasteiger partial charge in [-0.3, -0.25) is 10.2 Å². The van der Waals surface area contributed by atoms with Gasteiger partial charge in [0.2, 0.25) is 0 Å². The lowest BCUT2D eigenvalue weighted by Crippen LogP contribution is -2.35. The molecule has 4 aromatic rings. The fourth-order valence-electron chi connectivity index (χ4n) is 6.41. The van der Waals surface area contributed by atoms with E-state index in [1.807, 2.05) is 48.2 Å². The standard InChI is InChI=1S/C37H48N6O2/c1-2-45-22-6-21-43-34-19-18-32(23-33(34)41-35(43)20-15-27-13-16-31(17-14-27)36(39)40)37(44)42(25-29-7-4-3-5-8-29)26-30-11-9-28(24-38)10-12-30/h9-14,16-19,23,29H,2-8,15,20-22,24-26,38H2,1H3,(H3,39,40). The van der Waals surface area contributed by atoms with Crippen LogP contribution in [0.5, 0.6) is 0 Å². The number of benzene rings is 3. The normalized spacial score (nSPS) is 13.7. The molecule has 5 N–H and O–H groups in total. The molecule has 1 aliphatic carbocycles. The second kappa shape index (κ2) is 15.8. The first-order valence-electron chi connectivity index (χ1n) is 16.5. The van der Waals surface area contributed by atoms with E-state index in [4.69, 9.17) is 26.6 Å². The van der Waals surface area contributed by atoms with E-state index in [1.165, 1.54) is 37.7 Å². The van der Waals surface area contributed by atoms with Gasteiger partial charge < -0.3 is 25.7 Å². The van der Waals surface area contributed by atoms with Gasteiger partial charge in [-0.1, -0.05) is 67.8 Å². The van der Waals surface area contributed by atoms with Crippen LogP contribution in [0.3, 0.4) is 0 Å². The minimum Gasteiger partial charge on any atom is -0.384 e. The Morgan fingerprint density at radius 1 is 0.956 bits per heavy atom. The number of nitrogens with one attached hydrogen (secondary N) is 1. The molecular weight excluding hydrogens is 560 g/mol. The molecule has 0 unspecified atom stereocenters. The molecule has 0 atom stereocenters. The molecule has 5 rings (SSSR count). The van der Waals surface area contributed by atoms with Crippen LogP contribution in [0.2, 0.25) is 0 Å². The molecule has 3 aromatic carbocycles. The monoisotopic (exact) mass is 608 g/mol. The number of hydrogen-bond acceptors (Lipinski definition) is 5.